The summed E-state index contributed by atoms with van der Waals surface area (Å²) in [5, 5.41) is 2.84. The average molecular weight is 342 g/mol. The first kappa shape index (κ1) is 16.1. The second kappa shape index (κ2) is 6.50. The molecule has 1 N–H and O–H groups in total. The van der Waals surface area contributed by atoms with Gasteiger partial charge in [-0.15, -0.1) is 0 Å². The predicted octanol–water partition coefficient (Wildman–Crippen LogP) is 1.53. The van der Waals surface area contributed by atoms with Crippen LogP contribution in [0.1, 0.15) is 25.0 Å². The number of hydrogen-bond donors (Lipinski definition) is 1. The molecule has 1 aromatic heterocycles. The van der Waals surface area contributed by atoms with E-state index in [9.17, 15) is 14.4 Å². The molecule has 2 bridgehead atoms. The number of nitrogens with one attached hydrogen (secondary N) is 1. The van der Waals surface area contributed by atoms with E-state index >= 15 is 0 Å². The Morgan fingerprint density at radius 2 is 1.92 bits per heavy atom. The molecule has 6 heteroatoms. The molecule has 1 saturated carbocycles. The highest BCUT2D eigenvalue weighted by molar-refractivity contribution is 6.06. The third-order valence-electron chi connectivity index (χ3n) is 5.62. The molecule has 4 atom stereocenters. The van der Waals surface area contributed by atoms with Crippen LogP contribution in [0.4, 0.5) is 0 Å². The molecule has 4 rings (SSSR count). The Bertz CT molecular complexity index is 679. The molecule has 0 spiro atoms. The van der Waals surface area contributed by atoms with Gasteiger partial charge in [0.1, 0.15) is 5.76 Å². The quantitative estimate of drug-likeness (QED) is 0.463. The number of fused-ring (bicyclic) bond motifs is 5. The molecular formula is C19H22N2O4. The summed E-state index contributed by atoms with van der Waals surface area (Å²) in [6.07, 6.45) is 8.27. The first-order valence-electron chi connectivity index (χ1n) is 8.98. The summed E-state index contributed by atoms with van der Waals surface area (Å²) in [4.78, 5) is 38.3. The summed E-state index contributed by atoms with van der Waals surface area (Å²) in [5.74, 6) is 0.936. The van der Waals surface area contributed by atoms with Crippen molar-refractivity contribution in [1.29, 1.82) is 0 Å². The Balaban J connectivity index is 1.20. The number of imide groups is 1. The van der Waals surface area contributed by atoms with Crippen LogP contribution in [-0.4, -0.2) is 35.7 Å². The molecule has 1 aliphatic heterocycles. The summed E-state index contributed by atoms with van der Waals surface area (Å²) in [5.41, 5.74) is 0. The van der Waals surface area contributed by atoms with Crippen LogP contribution in [0.25, 0.3) is 0 Å². The molecule has 1 saturated heterocycles. The molecule has 132 valence electrons. The summed E-state index contributed by atoms with van der Waals surface area (Å²) in [6.45, 7) is 0.858. The fourth-order valence-corrected chi connectivity index (χ4v) is 4.43. The lowest BCUT2D eigenvalue weighted by molar-refractivity contribution is -0.140. The first-order chi connectivity index (χ1) is 12.1. The number of amides is 3. The Morgan fingerprint density at radius 1 is 1.20 bits per heavy atom. The lowest BCUT2D eigenvalue weighted by atomic mass is 9.85. The Labute approximate surface area is 146 Å². The van der Waals surface area contributed by atoms with Gasteiger partial charge in [-0.05, 0) is 36.8 Å². The first-order valence-corrected chi connectivity index (χ1v) is 8.98. The van der Waals surface area contributed by atoms with Crippen LogP contribution in [0, 0.1) is 23.7 Å². The molecular weight excluding hydrogens is 320 g/mol. The SMILES string of the molecule is O=C(CCc1ccco1)NCCCN1C(=O)[C@H]2[C@H](C1=O)[C@H]1C=C[C@H]2C1. The van der Waals surface area contributed by atoms with Gasteiger partial charge in [0.05, 0.1) is 18.1 Å². The van der Waals surface area contributed by atoms with Crippen LogP contribution in [0.2, 0.25) is 0 Å². The minimum Gasteiger partial charge on any atom is -0.469 e. The van der Waals surface area contributed by atoms with Gasteiger partial charge < -0.3 is 9.73 Å². The van der Waals surface area contributed by atoms with E-state index in [2.05, 4.69) is 17.5 Å². The number of furan rings is 1. The number of carbonyl (C=O) groups excluding carboxylic acids is 3. The summed E-state index contributed by atoms with van der Waals surface area (Å²) in [6, 6.07) is 3.64. The number of rotatable bonds is 7. The Kier molecular flexibility index (Phi) is 4.19. The smallest absolute Gasteiger partial charge is 0.233 e. The number of likely N-dealkylation sites (tertiary alicyclic amines) is 1. The molecule has 0 radical (unpaired) electrons. The van der Waals surface area contributed by atoms with Crippen molar-refractivity contribution in [2.75, 3.05) is 13.1 Å². The number of carbonyl (C=O) groups is 3. The van der Waals surface area contributed by atoms with E-state index in [1.807, 2.05) is 6.07 Å². The third kappa shape index (κ3) is 2.90. The highest BCUT2D eigenvalue weighted by Crippen LogP contribution is 2.52. The standard InChI is InChI=1S/C19H22N2O4/c22-15(7-6-14-3-1-10-25-14)20-8-2-9-21-18(23)16-12-4-5-13(11-12)17(16)19(21)24/h1,3-5,10,12-13,16-17H,2,6-9,11H2,(H,20,22)/t12-,13-,16+,17+/m0/s1. The Hall–Kier alpha value is -2.37. The largest absolute Gasteiger partial charge is 0.469 e. The molecule has 6 nitrogen and oxygen atoms in total. The van der Waals surface area contributed by atoms with Gasteiger partial charge in [-0.1, -0.05) is 12.2 Å². The van der Waals surface area contributed by atoms with Crippen LogP contribution in [-0.2, 0) is 20.8 Å². The van der Waals surface area contributed by atoms with E-state index in [4.69, 9.17) is 4.42 Å². The van der Waals surface area contributed by atoms with E-state index in [-0.39, 0.29) is 41.4 Å². The topological polar surface area (TPSA) is 79.6 Å². The van der Waals surface area contributed by atoms with Gasteiger partial charge in [0, 0.05) is 25.9 Å². The van der Waals surface area contributed by atoms with Crippen molar-refractivity contribution in [1.82, 2.24) is 10.2 Å². The maximum atomic E-state index is 12.5. The van der Waals surface area contributed by atoms with E-state index in [1.165, 1.54) is 4.90 Å². The molecule has 3 aliphatic rings. The van der Waals surface area contributed by atoms with E-state index < -0.39 is 0 Å². The highest BCUT2D eigenvalue weighted by atomic mass is 16.3. The van der Waals surface area contributed by atoms with Crippen LogP contribution in [0.3, 0.4) is 0 Å². The van der Waals surface area contributed by atoms with Gasteiger partial charge >= 0.3 is 0 Å². The second-order valence-corrected chi connectivity index (χ2v) is 7.11. The van der Waals surface area contributed by atoms with Crippen LogP contribution in [0.5, 0.6) is 0 Å². The fourth-order valence-electron chi connectivity index (χ4n) is 4.43. The fraction of sp³-hybridized carbons (Fsp3) is 0.526. The van der Waals surface area contributed by atoms with Crippen LogP contribution >= 0.6 is 0 Å². The van der Waals surface area contributed by atoms with Gasteiger partial charge in [0.2, 0.25) is 17.7 Å². The summed E-state index contributed by atoms with van der Waals surface area (Å²) < 4.78 is 5.19. The molecule has 2 heterocycles. The molecule has 2 aliphatic carbocycles. The molecule has 0 aromatic carbocycles. The van der Waals surface area contributed by atoms with Gasteiger partial charge in [-0.25, -0.2) is 0 Å². The lowest BCUT2D eigenvalue weighted by Crippen LogP contribution is -2.35. The minimum atomic E-state index is -0.134. The van der Waals surface area contributed by atoms with Crippen molar-refractivity contribution in [2.45, 2.75) is 25.7 Å². The van der Waals surface area contributed by atoms with Crippen molar-refractivity contribution in [3.63, 3.8) is 0 Å². The van der Waals surface area contributed by atoms with E-state index in [0.29, 0.717) is 32.4 Å². The Morgan fingerprint density at radius 3 is 2.56 bits per heavy atom. The van der Waals surface area contributed by atoms with Gasteiger partial charge in [0.15, 0.2) is 0 Å². The number of allylic oxidation sites excluding steroid dienone is 2. The van der Waals surface area contributed by atoms with Crippen molar-refractivity contribution in [2.24, 2.45) is 23.7 Å². The molecule has 1 aromatic rings. The zero-order chi connectivity index (χ0) is 17.4. The maximum Gasteiger partial charge on any atom is 0.233 e. The number of aryl methyl sites for hydroxylation is 1. The van der Waals surface area contributed by atoms with Crippen molar-refractivity contribution in [3.8, 4) is 0 Å². The average Bonchev–Trinajstić information content (AvgIpc) is 3.37. The molecule has 2 fully saturated rings. The second-order valence-electron chi connectivity index (χ2n) is 7.11. The van der Waals surface area contributed by atoms with E-state index in [0.717, 1.165) is 12.2 Å². The summed E-state index contributed by atoms with van der Waals surface area (Å²) in [7, 11) is 0. The maximum absolute atomic E-state index is 12.5. The minimum absolute atomic E-state index is 0.0176. The number of hydrogen-bond acceptors (Lipinski definition) is 4. The van der Waals surface area contributed by atoms with Gasteiger partial charge in [0.25, 0.3) is 0 Å². The monoisotopic (exact) mass is 342 g/mol. The zero-order valence-corrected chi connectivity index (χ0v) is 14.0. The molecule has 3 amide bonds. The van der Waals surface area contributed by atoms with Crippen LogP contribution < -0.4 is 5.32 Å². The predicted molar refractivity (Wildman–Crippen MR) is 89.1 cm³/mol. The summed E-state index contributed by atoms with van der Waals surface area (Å²) >= 11 is 0. The van der Waals surface area contributed by atoms with Gasteiger partial charge in [-0.3, -0.25) is 19.3 Å². The van der Waals surface area contributed by atoms with Crippen LogP contribution in [0.15, 0.2) is 35.0 Å². The van der Waals surface area contributed by atoms with Crippen molar-refractivity contribution < 1.29 is 18.8 Å². The third-order valence-corrected chi connectivity index (χ3v) is 5.62. The number of nitrogens with zero attached hydrogens (tertiary/aromatic N) is 1. The highest BCUT2D eigenvalue weighted by Gasteiger charge is 2.58. The van der Waals surface area contributed by atoms with Crippen molar-refractivity contribution >= 4 is 17.7 Å². The lowest BCUT2D eigenvalue weighted by Gasteiger charge is -2.17. The molecule has 25 heavy (non-hydrogen) atoms. The van der Waals surface area contributed by atoms with E-state index in [1.54, 1.807) is 12.3 Å². The zero-order valence-electron chi connectivity index (χ0n) is 14.0. The normalized spacial score (nSPS) is 29.5. The van der Waals surface area contributed by atoms with Gasteiger partial charge in [-0.2, -0.15) is 0 Å². The van der Waals surface area contributed by atoms with Crippen molar-refractivity contribution in [3.05, 3.63) is 36.3 Å². The molecule has 0 unspecified atom stereocenters.